The van der Waals surface area contributed by atoms with Crippen LogP contribution in [-0.2, 0) is 27.9 Å². The summed E-state index contributed by atoms with van der Waals surface area (Å²) in [6.45, 7) is 9.59. The normalized spacial score (nSPS) is 19.0. The predicted molar refractivity (Wildman–Crippen MR) is 217 cm³/mol. The molecule has 0 bridgehead atoms. The van der Waals surface area contributed by atoms with Crippen LogP contribution in [-0.4, -0.2) is 131 Å². The minimum Gasteiger partial charge on any atom is -0.483 e. The molecule has 7 heterocycles. The van der Waals surface area contributed by atoms with E-state index in [1.54, 1.807) is 12.3 Å². The molecule has 1 unspecified atom stereocenters. The number of pyridine rings is 1. The fourth-order valence-corrected chi connectivity index (χ4v) is 8.64. The van der Waals surface area contributed by atoms with Crippen LogP contribution in [0.1, 0.15) is 40.5 Å². The molecule has 9 rings (SSSR count). The van der Waals surface area contributed by atoms with Gasteiger partial charge in [0, 0.05) is 132 Å². The number of para-hydroxylation sites is 1. The number of fused-ring (bicyclic) bond motifs is 2. The van der Waals surface area contributed by atoms with E-state index >= 15 is 4.39 Å². The third-order valence-electron chi connectivity index (χ3n) is 11.7. The molecule has 15 nitrogen and oxygen atoms in total. The molecule has 3 aromatic heterocycles. The third kappa shape index (κ3) is 7.89. The van der Waals surface area contributed by atoms with Crippen molar-refractivity contribution in [3.05, 3.63) is 83.6 Å². The summed E-state index contributed by atoms with van der Waals surface area (Å²) < 4.78 is 17.5. The second-order valence-electron chi connectivity index (χ2n) is 15.1. The Bertz CT molecular complexity index is 2340. The van der Waals surface area contributed by atoms with Gasteiger partial charge in [-0.05, 0) is 48.9 Å². The van der Waals surface area contributed by atoms with E-state index in [-0.39, 0.29) is 30.0 Å². The number of piperidine rings is 1. The summed E-state index contributed by atoms with van der Waals surface area (Å²) >= 11 is 0. The summed E-state index contributed by atoms with van der Waals surface area (Å²) in [5.74, 6) is -1.27. The Kier molecular flexibility index (Phi) is 11.2. The zero-order valence-electron chi connectivity index (χ0n) is 32.4. The lowest BCUT2D eigenvalue weighted by Crippen LogP contribution is -2.51. The minimum absolute atomic E-state index is 0.0722. The number of hydrogen-bond donors (Lipinski definition) is 4. The van der Waals surface area contributed by atoms with Crippen LogP contribution in [0.3, 0.4) is 0 Å². The maximum atomic E-state index is 15.6. The molecule has 3 fully saturated rings. The third-order valence-corrected chi connectivity index (χ3v) is 11.7. The molecule has 0 saturated carbocycles. The number of benzene rings is 2. The van der Waals surface area contributed by atoms with Crippen molar-refractivity contribution < 1.29 is 28.7 Å². The molecule has 3 amide bonds. The van der Waals surface area contributed by atoms with E-state index in [2.05, 4.69) is 46.3 Å². The molecular weight excluding hydrogens is 744 g/mol. The number of nitrogens with one attached hydrogen (secondary N) is 3. The highest BCUT2D eigenvalue weighted by Crippen LogP contribution is 2.35. The number of piperazine rings is 2. The number of carbonyl (C=O) groups excluding carboxylic acids is 3. The van der Waals surface area contributed by atoms with Gasteiger partial charge in [0.2, 0.25) is 11.8 Å². The molecule has 0 spiro atoms. The van der Waals surface area contributed by atoms with Crippen LogP contribution < -0.4 is 20.4 Å². The molecule has 0 radical (unpaired) electrons. The SMILES string of the molecule is Cn1nc(C2CCC(=O)NC2=O)c2cccc(N3CCN(CCN4CCN(c5ccc(-c6cc(-c7cc8c([nH]7)CCNC8=O)ccn6)c(F)c5)CC4)CC3)c21.O=CO. The molecule has 58 heavy (non-hydrogen) atoms. The lowest BCUT2D eigenvalue weighted by molar-refractivity contribution is -0.134. The molecule has 3 saturated heterocycles. The Morgan fingerprint density at radius 1 is 0.879 bits per heavy atom. The number of aryl methyl sites for hydroxylation is 1. The second-order valence-corrected chi connectivity index (χ2v) is 15.1. The largest absolute Gasteiger partial charge is 0.483 e. The number of aromatic nitrogens is 4. The van der Waals surface area contributed by atoms with E-state index in [1.165, 1.54) is 0 Å². The number of hydrogen-bond acceptors (Lipinski definition) is 10. The van der Waals surface area contributed by atoms with E-state index in [4.69, 9.17) is 15.0 Å². The molecule has 16 heteroatoms. The number of H-pyrrole nitrogens is 1. The van der Waals surface area contributed by atoms with Gasteiger partial charge in [-0.15, -0.1) is 0 Å². The van der Waals surface area contributed by atoms with Crippen molar-refractivity contribution in [2.75, 3.05) is 81.8 Å². The quantitative estimate of drug-likeness (QED) is 0.134. The maximum Gasteiger partial charge on any atom is 0.290 e. The van der Waals surface area contributed by atoms with E-state index in [9.17, 15) is 14.4 Å². The standard InChI is InChI=1S/C41H45FN10O3.CH2O2/c1-48-39-29(38(47-48)30-7-8-37(53)46-41(30)55)3-2-4-36(39)52-21-17-50(18-22-52)14-13-49-15-19-51(20-16-49)27-5-6-28(32(42)24-27)35-23-26(9-11-43-35)34-25-31-33(45-34)10-12-44-40(31)54;2-1-3/h2-6,9,11,23-25,30,45H,7-8,10,12-22H2,1H3,(H,44,54)(H,46,53,55);1H,(H,2,3). The van der Waals surface area contributed by atoms with Gasteiger partial charge in [-0.2, -0.15) is 5.10 Å². The van der Waals surface area contributed by atoms with Crippen molar-refractivity contribution in [3.63, 3.8) is 0 Å². The number of carbonyl (C=O) groups is 4. The number of nitrogens with zero attached hydrogens (tertiary/aromatic N) is 7. The highest BCUT2D eigenvalue weighted by molar-refractivity contribution is 6.03. The van der Waals surface area contributed by atoms with Crippen molar-refractivity contribution in [1.82, 2.24) is 40.2 Å². The first-order valence-electron chi connectivity index (χ1n) is 19.8. The molecule has 1 atom stereocenters. The number of halogens is 1. The average Bonchev–Trinajstić information content (AvgIpc) is 3.83. The molecule has 4 aliphatic heterocycles. The average molecular weight is 791 g/mol. The van der Waals surface area contributed by atoms with Crippen LogP contribution in [0.4, 0.5) is 15.8 Å². The predicted octanol–water partition coefficient (Wildman–Crippen LogP) is 3.22. The Morgan fingerprint density at radius 3 is 2.29 bits per heavy atom. The topological polar surface area (TPSA) is 172 Å². The van der Waals surface area contributed by atoms with Gasteiger partial charge in [-0.1, -0.05) is 12.1 Å². The van der Waals surface area contributed by atoms with Crippen LogP contribution in [0.5, 0.6) is 0 Å². The number of rotatable bonds is 8. The van der Waals surface area contributed by atoms with Gasteiger partial charge in [0.1, 0.15) is 5.82 Å². The first-order chi connectivity index (χ1) is 28.2. The van der Waals surface area contributed by atoms with Crippen LogP contribution in [0.2, 0.25) is 0 Å². The number of anilines is 2. The molecule has 4 N–H and O–H groups in total. The Hall–Kier alpha value is -6.13. The lowest BCUT2D eigenvalue weighted by atomic mass is 9.92. The van der Waals surface area contributed by atoms with Gasteiger partial charge in [-0.3, -0.25) is 44.0 Å². The minimum atomic E-state index is -0.418. The summed E-state index contributed by atoms with van der Waals surface area (Å²) in [5, 5.41) is 18.0. The van der Waals surface area contributed by atoms with Crippen molar-refractivity contribution in [3.8, 4) is 22.5 Å². The summed E-state index contributed by atoms with van der Waals surface area (Å²) in [7, 11) is 1.93. The molecular formula is C42H47FN10O5. The zero-order valence-corrected chi connectivity index (χ0v) is 32.4. The first kappa shape index (κ1) is 38.7. The molecule has 4 aliphatic rings. The molecule has 302 valence electrons. The fourth-order valence-electron chi connectivity index (χ4n) is 8.64. The van der Waals surface area contributed by atoms with Crippen molar-refractivity contribution in [1.29, 1.82) is 0 Å². The van der Waals surface area contributed by atoms with Crippen LogP contribution in [0, 0.1) is 5.82 Å². The summed E-state index contributed by atoms with van der Waals surface area (Å²) in [4.78, 5) is 62.5. The van der Waals surface area contributed by atoms with Gasteiger partial charge >= 0.3 is 0 Å². The van der Waals surface area contributed by atoms with Crippen LogP contribution >= 0.6 is 0 Å². The summed E-state index contributed by atoms with van der Waals surface area (Å²) in [6.07, 6.45) is 3.25. The first-order valence-corrected chi connectivity index (χ1v) is 19.8. The Labute approximate surface area is 334 Å². The van der Waals surface area contributed by atoms with Crippen molar-refractivity contribution in [2.45, 2.75) is 25.2 Å². The van der Waals surface area contributed by atoms with Gasteiger partial charge in [0.05, 0.1) is 34.1 Å². The monoisotopic (exact) mass is 790 g/mol. The highest BCUT2D eigenvalue weighted by Gasteiger charge is 2.33. The lowest BCUT2D eigenvalue weighted by Gasteiger charge is -2.39. The van der Waals surface area contributed by atoms with E-state index in [0.717, 1.165) is 117 Å². The van der Waals surface area contributed by atoms with Crippen molar-refractivity contribution in [2.24, 2.45) is 7.05 Å². The highest BCUT2D eigenvalue weighted by atomic mass is 19.1. The number of imide groups is 1. The second kappa shape index (κ2) is 16.8. The Balaban J connectivity index is 0.00000152. The smallest absolute Gasteiger partial charge is 0.290 e. The zero-order chi connectivity index (χ0) is 40.3. The number of amides is 3. The molecule has 2 aromatic carbocycles. The molecule has 5 aromatic rings. The summed E-state index contributed by atoms with van der Waals surface area (Å²) in [5.41, 5.74) is 8.05. The van der Waals surface area contributed by atoms with Gasteiger partial charge in [0.15, 0.2) is 0 Å². The fraction of sp³-hybridized carbons (Fsp3) is 0.381. The van der Waals surface area contributed by atoms with Crippen molar-refractivity contribution >= 4 is 46.5 Å². The Morgan fingerprint density at radius 2 is 1.60 bits per heavy atom. The van der Waals surface area contributed by atoms with Crippen LogP contribution in [0.25, 0.3) is 33.4 Å². The maximum absolute atomic E-state index is 15.6. The molecule has 0 aliphatic carbocycles. The van der Waals surface area contributed by atoms with E-state index in [1.807, 2.05) is 54.2 Å². The van der Waals surface area contributed by atoms with Gasteiger partial charge < -0.3 is 25.2 Å². The number of carboxylic acid groups (broad SMARTS) is 1. The van der Waals surface area contributed by atoms with Gasteiger partial charge in [-0.25, -0.2) is 4.39 Å². The number of aromatic amines is 1. The van der Waals surface area contributed by atoms with E-state index < -0.39 is 5.92 Å². The van der Waals surface area contributed by atoms with Gasteiger partial charge in [0.25, 0.3) is 12.4 Å². The van der Waals surface area contributed by atoms with E-state index in [0.29, 0.717) is 36.2 Å². The summed E-state index contributed by atoms with van der Waals surface area (Å²) in [6, 6.07) is 17.2. The van der Waals surface area contributed by atoms with Crippen LogP contribution in [0.15, 0.2) is 60.8 Å².